The summed E-state index contributed by atoms with van der Waals surface area (Å²) in [5.41, 5.74) is -0.228. The number of hydrogen-bond acceptors (Lipinski definition) is 4. The lowest BCUT2D eigenvalue weighted by Crippen LogP contribution is -2.51. The molecule has 1 aliphatic heterocycles. The fourth-order valence-electron chi connectivity index (χ4n) is 3.52. The molecule has 1 unspecified atom stereocenters. The third-order valence-electron chi connectivity index (χ3n) is 4.67. The second-order valence-corrected chi connectivity index (χ2v) is 8.14. The molecule has 0 bridgehead atoms. The minimum atomic E-state index is -3.26. The molecule has 3 rings (SSSR count). The summed E-state index contributed by atoms with van der Waals surface area (Å²) in [6, 6.07) is 9.64. The van der Waals surface area contributed by atoms with Gasteiger partial charge in [0.2, 0.25) is 0 Å². The van der Waals surface area contributed by atoms with Crippen LogP contribution in [0.25, 0.3) is 0 Å². The van der Waals surface area contributed by atoms with Gasteiger partial charge in [0.05, 0.1) is 16.7 Å². The Morgan fingerprint density at radius 1 is 1.19 bits per heavy atom. The van der Waals surface area contributed by atoms with Crippen LogP contribution in [-0.4, -0.2) is 20.2 Å². The summed E-state index contributed by atoms with van der Waals surface area (Å²) in [5, 5.41) is 13.3. The first kappa shape index (κ1) is 14.6. The molecule has 0 spiro atoms. The van der Waals surface area contributed by atoms with Gasteiger partial charge in [-0.25, -0.2) is 8.42 Å². The fourth-order valence-corrected chi connectivity index (χ4v) is 5.17. The quantitative estimate of drug-likeness (QED) is 0.911. The number of rotatable bonds is 2. The third kappa shape index (κ3) is 2.58. The van der Waals surface area contributed by atoms with Crippen LogP contribution in [0.1, 0.15) is 44.1 Å². The van der Waals surface area contributed by atoms with Crippen molar-refractivity contribution in [2.45, 2.75) is 55.0 Å². The summed E-state index contributed by atoms with van der Waals surface area (Å²) in [4.78, 5) is 0.320. The van der Waals surface area contributed by atoms with Gasteiger partial charge in [-0.15, -0.1) is 0 Å². The molecule has 1 atom stereocenters. The maximum absolute atomic E-state index is 12.2. The number of hydrogen-bond donors (Lipinski definition) is 1. The SMILES string of the molecule is N#CC1(NC2CCCCC2)CCS(=O)(=O)c2ccccc21. The number of nitrogens with zero attached hydrogens (tertiary/aromatic N) is 1. The minimum absolute atomic E-state index is 0.0390. The number of benzene rings is 1. The Morgan fingerprint density at radius 2 is 1.90 bits per heavy atom. The van der Waals surface area contributed by atoms with E-state index >= 15 is 0 Å². The van der Waals surface area contributed by atoms with E-state index in [1.54, 1.807) is 18.2 Å². The van der Waals surface area contributed by atoms with E-state index in [1.165, 1.54) is 19.3 Å². The molecule has 1 aromatic carbocycles. The van der Waals surface area contributed by atoms with Gasteiger partial charge in [-0.3, -0.25) is 5.32 Å². The highest BCUT2D eigenvalue weighted by Gasteiger charge is 2.43. The van der Waals surface area contributed by atoms with Gasteiger partial charge in [0.15, 0.2) is 9.84 Å². The molecule has 21 heavy (non-hydrogen) atoms. The molecule has 5 heteroatoms. The van der Waals surface area contributed by atoms with Crippen molar-refractivity contribution in [1.29, 1.82) is 5.26 Å². The smallest absolute Gasteiger partial charge is 0.178 e. The van der Waals surface area contributed by atoms with Gasteiger partial charge >= 0.3 is 0 Å². The molecule has 0 aromatic heterocycles. The van der Waals surface area contributed by atoms with Gasteiger partial charge in [0.25, 0.3) is 0 Å². The van der Waals surface area contributed by atoms with E-state index in [0.29, 0.717) is 22.9 Å². The molecule has 1 fully saturated rings. The zero-order valence-electron chi connectivity index (χ0n) is 12.0. The van der Waals surface area contributed by atoms with E-state index in [4.69, 9.17) is 0 Å². The lowest BCUT2D eigenvalue weighted by atomic mass is 9.85. The van der Waals surface area contributed by atoms with E-state index in [9.17, 15) is 13.7 Å². The minimum Gasteiger partial charge on any atom is -0.293 e. The van der Waals surface area contributed by atoms with Crippen molar-refractivity contribution in [3.05, 3.63) is 29.8 Å². The molecule has 0 radical (unpaired) electrons. The Labute approximate surface area is 126 Å². The van der Waals surface area contributed by atoms with Gasteiger partial charge in [-0.2, -0.15) is 5.26 Å². The maximum atomic E-state index is 12.2. The monoisotopic (exact) mass is 304 g/mol. The highest BCUT2D eigenvalue weighted by molar-refractivity contribution is 7.91. The number of nitriles is 1. The van der Waals surface area contributed by atoms with Crippen molar-refractivity contribution in [1.82, 2.24) is 5.32 Å². The normalized spacial score (nSPS) is 28.5. The number of sulfone groups is 1. The van der Waals surface area contributed by atoms with Crippen LogP contribution in [-0.2, 0) is 15.4 Å². The topological polar surface area (TPSA) is 70.0 Å². The molecule has 1 saturated carbocycles. The second-order valence-electron chi connectivity index (χ2n) is 6.06. The van der Waals surface area contributed by atoms with E-state index in [-0.39, 0.29) is 5.75 Å². The third-order valence-corrected chi connectivity index (χ3v) is 6.44. The lowest BCUT2D eigenvalue weighted by Gasteiger charge is -2.38. The maximum Gasteiger partial charge on any atom is 0.178 e. The summed E-state index contributed by atoms with van der Waals surface area (Å²) in [6.45, 7) is 0. The van der Waals surface area contributed by atoms with Gasteiger partial charge in [-0.1, -0.05) is 37.5 Å². The molecule has 1 aliphatic carbocycles. The Balaban J connectivity index is 2.01. The zero-order chi connectivity index (χ0) is 14.9. The summed E-state index contributed by atoms with van der Waals surface area (Å²) in [5.74, 6) is 0.0390. The summed E-state index contributed by atoms with van der Waals surface area (Å²) in [7, 11) is -3.26. The number of fused-ring (bicyclic) bond motifs is 1. The summed E-state index contributed by atoms with van der Waals surface area (Å²) >= 11 is 0. The average Bonchev–Trinajstić information content (AvgIpc) is 2.52. The highest BCUT2D eigenvalue weighted by atomic mass is 32.2. The summed E-state index contributed by atoms with van der Waals surface area (Å²) in [6.07, 6.45) is 6.08. The first-order valence-electron chi connectivity index (χ1n) is 7.59. The first-order chi connectivity index (χ1) is 10.1. The molecule has 1 N–H and O–H groups in total. The zero-order valence-corrected chi connectivity index (χ0v) is 12.8. The largest absolute Gasteiger partial charge is 0.293 e. The van der Waals surface area contributed by atoms with Gasteiger partial charge in [0, 0.05) is 11.6 Å². The molecular weight excluding hydrogens is 284 g/mol. The van der Waals surface area contributed by atoms with Crippen molar-refractivity contribution in [2.75, 3.05) is 5.75 Å². The average molecular weight is 304 g/mol. The standard InChI is InChI=1S/C16H20N2O2S/c17-12-16(18-13-6-2-1-3-7-13)10-11-21(19,20)15-9-5-4-8-14(15)16/h4-5,8-9,13,18H,1-3,6-7,10-11H2. The Morgan fingerprint density at radius 3 is 2.62 bits per heavy atom. The van der Waals surface area contributed by atoms with E-state index < -0.39 is 15.4 Å². The van der Waals surface area contributed by atoms with Crippen LogP contribution < -0.4 is 5.32 Å². The van der Waals surface area contributed by atoms with Crippen LogP contribution in [0.4, 0.5) is 0 Å². The molecule has 4 nitrogen and oxygen atoms in total. The van der Waals surface area contributed by atoms with Gasteiger partial charge < -0.3 is 0 Å². The molecule has 112 valence electrons. The van der Waals surface area contributed by atoms with Crippen molar-refractivity contribution in [2.24, 2.45) is 0 Å². The second kappa shape index (κ2) is 5.43. The predicted octanol–water partition coefficient (Wildman–Crippen LogP) is 2.51. The Kier molecular flexibility index (Phi) is 3.76. The lowest BCUT2D eigenvalue weighted by molar-refractivity contribution is 0.285. The fraction of sp³-hybridized carbons (Fsp3) is 0.562. The molecule has 2 aliphatic rings. The van der Waals surface area contributed by atoms with Crippen molar-refractivity contribution in [3.8, 4) is 6.07 Å². The molecule has 0 saturated heterocycles. The van der Waals surface area contributed by atoms with Crippen LogP contribution in [0.2, 0.25) is 0 Å². The molecular formula is C16H20N2O2S. The number of nitrogens with one attached hydrogen (secondary N) is 1. The first-order valence-corrected chi connectivity index (χ1v) is 9.24. The van der Waals surface area contributed by atoms with Crippen molar-refractivity contribution in [3.63, 3.8) is 0 Å². The van der Waals surface area contributed by atoms with Crippen LogP contribution in [0, 0.1) is 11.3 Å². The van der Waals surface area contributed by atoms with Gasteiger partial charge in [0.1, 0.15) is 5.54 Å². The predicted molar refractivity (Wildman–Crippen MR) is 80.4 cm³/mol. The van der Waals surface area contributed by atoms with Crippen LogP contribution in [0.3, 0.4) is 0 Å². The molecule has 1 heterocycles. The Bertz CT molecular complexity index is 672. The van der Waals surface area contributed by atoms with Crippen LogP contribution in [0.15, 0.2) is 29.2 Å². The van der Waals surface area contributed by atoms with E-state index in [2.05, 4.69) is 11.4 Å². The Hall–Kier alpha value is -1.38. The van der Waals surface area contributed by atoms with Crippen molar-refractivity contribution < 1.29 is 8.42 Å². The van der Waals surface area contributed by atoms with Crippen molar-refractivity contribution >= 4 is 9.84 Å². The highest BCUT2D eigenvalue weighted by Crippen LogP contribution is 2.38. The van der Waals surface area contributed by atoms with E-state index in [0.717, 1.165) is 12.8 Å². The van der Waals surface area contributed by atoms with Crippen LogP contribution in [0.5, 0.6) is 0 Å². The molecule has 0 amide bonds. The van der Waals surface area contributed by atoms with E-state index in [1.807, 2.05) is 6.07 Å². The van der Waals surface area contributed by atoms with Gasteiger partial charge in [-0.05, 0) is 25.3 Å². The molecule has 1 aromatic rings. The van der Waals surface area contributed by atoms with Crippen LogP contribution >= 0.6 is 0 Å². The summed E-state index contributed by atoms with van der Waals surface area (Å²) < 4.78 is 24.5.